The summed E-state index contributed by atoms with van der Waals surface area (Å²) in [5.74, 6) is 0. The molecule has 2 nitrogen and oxygen atoms in total. The van der Waals surface area contributed by atoms with E-state index in [0.29, 0.717) is 0 Å². The number of aromatic nitrogens is 1. The van der Waals surface area contributed by atoms with Crippen LogP contribution in [-0.2, 0) is 0 Å². The summed E-state index contributed by atoms with van der Waals surface area (Å²) >= 11 is 0. The topological polar surface area (TPSA) is 26.0 Å². The Morgan fingerprint density at radius 3 is 2.65 bits per heavy atom. The molecular weight excluding hydrogens is 246 g/mol. The predicted octanol–water partition coefficient (Wildman–Crippen LogP) is 4.96. The van der Waals surface area contributed by atoms with Crippen molar-refractivity contribution in [2.45, 2.75) is 6.92 Å². The number of hydrogen-bond donors (Lipinski definition) is 0. The molecule has 0 saturated heterocycles. The Balaban J connectivity index is 2.10. The van der Waals surface area contributed by atoms with E-state index in [1.807, 2.05) is 30.6 Å². The smallest absolute Gasteiger partial charge is 0.143 e. The van der Waals surface area contributed by atoms with Gasteiger partial charge in [0.05, 0.1) is 0 Å². The van der Waals surface area contributed by atoms with Crippen LogP contribution in [0.2, 0.25) is 0 Å². The van der Waals surface area contributed by atoms with Crippen molar-refractivity contribution >= 4 is 21.9 Å². The van der Waals surface area contributed by atoms with E-state index in [9.17, 15) is 0 Å². The van der Waals surface area contributed by atoms with Crippen LogP contribution in [0.4, 0.5) is 0 Å². The number of nitrogens with zero attached hydrogens (tertiary/aromatic N) is 1. The Morgan fingerprint density at radius 1 is 0.900 bits per heavy atom. The van der Waals surface area contributed by atoms with Crippen LogP contribution in [0.1, 0.15) is 5.56 Å². The fourth-order valence-electron chi connectivity index (χ4n) is 2.68. The molecule has 0 fully saturated rings. The summed E-state index contributed by atoms with van der Waals surface area (Å²) < 4.78 is 6.05. The molecule has 0 aliphatic heterocycles. The van der Waals surface area contributed by atoms with Gasteiger partial charge in [0, 0.05) is 34.3 Å². The van der Waals surface area contributed by atoms with E-state index < -0.39 is 0 Å². The van der Waals surface area contributed by atoms with Gasteiger partial charge in [-0.15, -0.1) is 0 Å². The minimum Gasteiger partial charge on any atom is -0.455 e. The Hall–Kier alpha value is -2.61. The monoisotopic (exact) mass is 259 g/mol. The molecule has 2 heteroatoms. The number of pyridine rings is 1. The molecule has 0 N–H and O–H groups in total. The maximum Gasteiger partial charge on any atom is 0.143 e. The molecule has 2 aromatic carbocycles. The Bertz CT molecular complexity index is 921. The number of para-hydroxylation sites is 2. The zero-order valence-electron chi connectivity index (χ0n) is 11.1. The highest BCUT2D eigenvalue weighted by atomic mass is 16.3. The SMILES string of the molecule is Cc1cncc(-c2cccc3c2oc2ccccc23)c1. The lowest BCUT2D eigenvalue weighted by Gasteiger charge is -2.03. The number of fused-ring (bicyclic) bond motifs is 3. The second kappa shape index (κ2) is 4.20. The van der Waals surface area contributed by atoms with Crippen molar-refractivity contribution in [2.75, 3.05) is 0 Å². The van der Waals surface area contributed by atoms with Crippen LogP contribution in [0.25, 0.3) is 33.1 Å². The van der Waals surface area contributed by atoms with E-state index in [-0.39, 0.29) is 0 Å². The van der Waals surface area contributed by atoms with Crippen LogP contribution in [0.15, 0.2) is 65.3 Å². The molecule has 0 aliphatic rings. The van der Waals surface area contributed by atoms with E-state index in [4.69, 9.17) is 4.42 Å². The van der Waals surface area contributed by atoms with Gasteiger partial charge in [-0.1, -0.05) is 36.4 Å². The molecule has 96 valence electrons. The van der Waals surface area contributed by atoms with Gasteiger partial charge in [0.2, 0.25) is 0 Å². The second-order valence-corrected chi connectivity index (χ2v) is 5.03. The lowest BCUT2D eigenvalue weighted by molar-refractivity contribution is 0.670. The highest BCUT2D eigenvalue weighted by Crippen LogP contribution is 2.35. The van der Waals surface area contributed by atoms with Crippen molar-refractivity contribution in [3.8, 4) is 11.1 Å². The summed E-state index contributed by atoms with van der Waals surface area (Å²) in [5, 5.41) is 2.31. The fraction of sp³-hybridized carbons (Fsp3) is 0.0556. The van der Waals surface area contributed by atoms with Crippen LogP contribution >= 0.6 is 0 Å². The van der Waals surface area contributed by atoms with Crippen LogP contribution in [0, 0.1) is 6.92 Å². The normalized spacial score (nSPS) is 11.2. The van der Waals surface area contributed by atoms with E-state index in [0.717, 1.165) is 38.6 Å². The highest BCUT2D eigenvalue weighted by molar-refractivity contribution is 6.09. The number of hydrogen-bond acceptors (Lipinski definition) is 2. The first-order valence-electron chi connectivity index (χ1n) is 6.65. The Labute approximate surface area is 116 Å². The zero-order chi connectivity index (χ0) is 13.5. The second-order valence-electron chi connectivity index (χ2n) is 5.03. The van der Waals surface area contributed by atoms with Crippen molar-refractivity contribution in [3.05, 3.63) is 66.5 Å². The minimum atomic E-state index is 0.926. The molecule has 4 aromatic rings. The number of benzene rings is 2. The highest BCUT2D eigenvalue weighted by Gasteiger charge is 2.11. The average Bonchev–Trinajstić information content (AvgIpc) is 2.86. The summed E-state index contributed by atoms with van der Waals surface area (Å²) in [6, 6.07) is 16.5. The Kier molecular flexibility index (Phi) is 2.36. The van der Waals surface area contributed by atoms with E-state index >= 15 is 0 Å². The molecule has 0 radical (unpaired) electrons. The van der Waals surface area contributed by atoms with Crippen LogP contribution in [-0.4, -0.2) is 4.98 Å². The van der Waals surface area contributed by atoms with Gasteiger partial charge in [-0.2, -0.15) is 0 Å². The molecule has 2 aromatic heterocycles. The minimum absolute atomic E-state index is 0.926. The van der Waals surface area contributed by atoms with Gasteiger partial charge in [0.1, 0.15) is 11.2 Å². The van der Waals surface area contributed by atoms with Gasteiger partial charge in [0.15, 0.2) is 0 Å². The van der Waals surface area contributed by atoms with Crippen molar-refractivity contribution in [3.63, 3.8) is 0 Å². The largest absolute Gasteiger partial charge is 0.455 e. The number of aryl methyl sites for hydroxylation is 1. The van der Waals surface area contributed by atoms with Gasteiger partial charge in [-0.3, -0.25) is 4.98 Å². The van der Waals surface area contributed by atoms with Gasteiger partial charge in [0.25, 0.3) is 0 Å². The van der Waals surface area contributed by atoms with Gasteiger partial charge in [-0.05, 0) is 24.6 Å². The van der Waals surface area contributed by atoms with Crippen molar-refractivity contribution < 1.29 is 4.42 Å². The third-order valence-electron chi connectivity index (χ3n) is 3.59. The van der Waals surface area contributed by atoms with Crippen LogP contribution in [0.3, 0.4) is 0 Å². The van der Waals surface area contributed by atoms with Crippen LogP contribution in [0.5, 0.6) is 0 Å². The zero-order valence-corrected chi connectivity index (χ0v) is 11.1. The maximum absolute atomic E-state index is 6.05. The van der Waals surface area contributed by atoms with Crippen LogP contribution < -0.4 is 0 Å². The van der Waals surface area contributed by atoms with Crippen molar-refractivity contribution in [2.24, 2.45) is 0 Å². The average molecular weight is 259 g/mol. The molecule has 0 amide bonds. The lowest BCUT2D eigenvalue weighted by atomic mass is 10.0. The molecule has 0 unspecified atom stereocenters. The summed E-state index contributed by atoms with van der Waals surface area (Å²) in [6.07, 6.45) is 3.75. The first kappa shape index (κ1) is 11.2. The standard InChI is InChI=1S/C18H13NO/c1-12-9-13(11-19-10-12)14-6-4-7-16-15-5-2-3-8-17(15)20-18(14)16/h2-11H,1H3. The number of rotatable bonds is 1. The summed E-state index contributed by atoms with van der Waals surface area (Å²) in [4.78, 5) is 4.28. The van der Waals surface area contributed by atoms with E-state index in [1.165, 1.54) is 0 Å². The number of furan rings is 1. The van der Waals surface area contributed by atoms with Gasteiger partial charge < -0.3 is 4.42 Å². The summed E-state index contributed by atoms with van der Waals surface area (Å²) in [7, 11) is 0. The lowest BCUT2D eigenvalue weighted by Crippen LogP contribution is -1.82. The summed E-state index contributed by atoms with van der Waals surface area (Å²) in [5.41, 5.74) is 5.19. The third kappa shape index (κ3) is 1.62. The molecule has 0 aliphatic carbocycles. The maximum atomic E-state index is 6.05. The predicted molar refractivity (Wildman–Crippen MR) is 81.7 cm³/mol. The molecule has 0 bridgehead atoms. The molecule has 20 heavy (non-hydrogen) atoms. The first-order chi connectivity index (χ1) is 9.83. The Morgan fingerprint density at radius 2 is 1.75 bits per heavy atom. The van der Waals surface area contributed by atoms with Crippen molar-refractivity contribution in [1.29, 1.82) is 0 Å². The van der Waals surface area contributed by atoms with Gasteiger partial charge >= 0.3 is 0 Å². The van der Waals surface area contributed by atoms with Crippen molar-refractivity contribution in [1.82, 2.24) is 4.98 Å². The van der Waals surface area contributed by atoms with E-state index in [2.05, 4.69) is 42.2 Å². The first-order valence-corrected chi connectivity index (χ1v) is 6.65. The molecule has 2 heterocycles. The molecule has 0 spiro atoms. The molecular formula is C18H13NO. The molecule has 0 saturated carbocycles. The molecule has 4 rings (SSSR count). The van der Waals surface area contributed by atoms with E-state index in [1.54, 1.807) is 0 Å². The molecule has 0 atom stereocenters. The third-order valence-corrected chi connectivity index (χ3v) is 3.59. The van der Waals surface area contributed by atoms with Gasteiger partial charge in [-0.25, -0.2) is 0 Å². The summed E-state index contributed by atoms with van der Waals surface area (Å²) in [6.45, 7) is 2.05. The quantitative estimate of drug-likeness (QED) is 0.483. The fourth-order valence-corrected chi connectivity index (χ4v) is 2.68.